The molecule has 4 nitrogen and oxygen atoms in total. The van der Waals surface area contributed by atoms with Gasteiger partial charge >= 0.3 is 0 Å². The van der Waals surface area contributed by atoms with Gasteiger partial charge in [0, 0.05) is 17.3 Å². The van der Waals surface area contributed by atoms with Crippen LogP contribution in [0.15, 0.2) is 48.5 Å². The first-order valence-electron chi connectivity index (χ1n) is 7.02. The van der Waals surface area contributed by atoms with Crippen molar-refractivity contribution in [1.82, 2.24) is 5.32 Å². The van der Waals surface area contributed by atoms with Crippen molar-refractivity contribution in [2.45, 2.75) is 13.0 Å². The predicted molar refractivity (Wildman–Crippen MR) is 84.4 cm³/mol. The molecule has 0 bridgehead atoms. The molecule has 0 aliphatic heterocycles. The van der Waals surface area contributed by atoms with Crippen LogP contribution in [0, 0.1) is 5.82 Å². The Morgan fingerprint density at radius 1 is 1.18 bits per heavy atom. The molecular weight excluding hydrogens is 283 g/mol. The zero-order valence-electron chi connectivity index (χ0n) is 12.6. The van der Waals surface area contributed by atoms with Crippen LogP contribution in [0.4, 0.5) is 10.1 Å². The summed E-state index contributed by atoms with van der Waals surface area (Å²) >= 11 is 0. The maximum Gasteiger partial charge on any atom is 0.238 e. The molecule has 5 heteroatoms. The van der Waals surface area contributed by atoms with Gasteiger partial charge in [-0.05, 0) is 37.3 Å². The zero-order chi connectivity index (χ0) is 15.9. The van der Waals surface area contributed by atoms with Gasteiger partial charge in [0.05, 0.1) is 13.7 Å². The lowest BCUT2D eigenvalue weighted by Crippen LogP contribution is -2.30. The molecule has 2 N–H and O–H groups in total. The molecule has 1 unspecified atom stereocenters. The van der Waals surface area contributed by atoms with Gasteiger partial charge in [-0.25, -0.2) is 4.39 Å². The summed E-state index contributed by atoms with van der Waals surface area (Å²) in [6, 6.07) is 13.3. The second kappa shape index (κ2) is 7.56. The summed E-state index contributed by atoms with van der Waals surface area (Å²) in [6.45, 7) is 1.92. The third-order valence-corrected chi connectivity index (χ3v) is 3.31. The van der Waals surface area contributed by atoms with Crippen molar-refractivity contribution in [2.75, 3.05) is 19.0 Å². The van der Waals surface area contributed by atoms with Crippen molar-refractivity contribution in [3.05, 3.63) is 59.9 Å². The van der Waals surface area contributed by atoms with Crippen LogP contribution in [0.5, 0.6) is 5.75 Å². The van der Waals surface area contributed by atoms with E-state index >= 15 is 0 Å². The van der Waals surface area contributed by atoms with Crippen LogP contribution in [0.25, 0.3) is 0 Å². The van der Waals surface area contributed by atoms with E-state index in [1.165, 1.54) is 6.07 Å². The van der Waals surface area contributed by atoms with E-state index in [-0.39, 0.29) is 24.3 Å². The molecule has 0 aromatic heterocycles. The largest absolute Gasteiger partial charge is 0.497 e. The van der Waals surface area contributed by atoms with E-state index in [2.05, 4.69) is 10.6 Å². The fourth-order valence-electron chi connectivity index (χ4n) is 2.06. The first-order chi connectivity index (χ1) is 10.6. The summed E-state index contributed by atoms with van der Waals surface area (Å²) < 4.78 is 18.7. The van der Waals surface area contributed by atoms with Crippen molar-refractivity contribution in [3.63, 3.8) is 0 Å². The second-order valence-electron chi connectivity index (χ2n) is 4.90. The maximum absolute atomic E-state index is 13.6. The van der Waals surface area contributed by atoms with Crippen LogP contribution in [0.1, 0.15) is 18.5 Å². The number of ether oxygens (including phenoxy) is 1. The highest BCUT2D eigenvalue weighted by atomic mass is 19.1. The number of methoxy groups -OCH3 is 1. The van der Waals surface area contributed by atoms with Gasteiger partial charge in [0.25, 0.3) is 0 Å². The molecule has 2 aromatic carbocycles. The third-order valence-electron chi connectivity index (χ3n) is 3.31. The molecule has 0 saturated heterocycles. The van der Waals surface area contributed by atoms with Crippen molar-refractivity contribution in [3.8, 4) is 5.75 Å². The average molecular weight is 302 g/mol. The number of halogens is 1. The molecule has 22 heavy (non-hydrogen) atoms. The van der Waals surface area contributed by atoms with Gasteiger partial charge < -0.3 is 15.4 Å². The monoisotopic (exact) mass is 302 g/mol. The zero-order valence-corrected chi connectivity index (χ0v) is 12.6. The molecule has 0 spiro atoms. The molecule has 0 radical (unpaired) electrons. The SMILES string of the molecule is COc1ccc(NC(=O)CNC(C)c2ccccc2F)cc1. The number of hydrogen-bond donors (Lipinski definition) is 2. The van der Waals surface area contributed by atoms with E-state index < -0.39 is 0 Å². The molecule has 0 aliphatic carbocycles. The Morgan fingerprint density at radius 3 is 2.50 bits per heavy atom. The molecule has 1 amide bonds. The summed E-state index contributed by atoms with van der Waals surface area (Å²) in [5.74, 6) is 0.260. The van der Waals surface area contributed by atoms with Gasteiger partial charge in [-0.1, -0.05) is 18.2 Å². The molecule has 0 saturated carbocycles. The van der Waals surface area contributed by atoms with E-state index in [4.69, 9.17) is 4.74 Å². The number of amides is 1. The molecule has 2 aromatic rings. The second-order valence-corrected chi connectivity index (χ2v) is 4.90. The van der Waals surface area contributed by atoms with Crippen molar-refractivity contribution in [1.29, 1.82) is 0 Å². The first-order valence-corrected chi connectivity index (χ1v) is 7.02. The molecule has 0 fully saturated rings. The Morgan fingerprint density at radius 2 is 1.86 bits per heavy atom. The number of carbonyl (C=O) groups is 1. The molecule has 116 valence electrons. The number of rotatable bonds is 6. The van der Waals surface area contributed by atoms with E-state index in [9.17, 15) is 9.18 Å². The number of carbonyl (C=O) groups excluding carboxylic acids is 1. The fraction of sp³-hybridized carbons (Fsp3) is 0.235. The molecule has 1 atom stereocenters. The van der Waals surface area contributed by atoms with E-state index in [0.29, 0.717) is 11.3 Å². The lowest BCUT2D eigenvalue weighted by Gasteiger charge is -2.15. The summed E-state index contributed by atoms with van der Waals surface area (Å²) in [7, 11) is 1.58. The minimum Gasteiger partial charge on any atom is -0.497 e. The molecule has 0 heterocycles. The Kier molecular flexibility index (Phi) is 5.49. The van der Waals surface area contributed by atoms with Crippen LogP contribution in [0.3, 0.4) is 0 Å². The minimum absolute atomic E-state index is 0.0987. The number of nitrogens with one attached hydrogen (secondary N) is 2. The smallest absolute Gasteiger partial charge is 0.238 e. The Bertz CT molecular complexity index is 629. The van der Waals surface area contributed by atoms with Crippen LogP contribution in [0.2, 0.25) is 0 Å². The van der Waals surface area contributed by atoms with Crippen LogP contribution >= 0.6 is 0 Å². The number of benzene rings is 2. The lowest BCUT2D eigenvalue weighted by molar-refractivity contribution is -0.115. The quantitative estimate of drug-likeness (QED) is 0.862. The number of anilines is 1. The van der Waals surface area contributed by atoms with E-state index in [0.717, 1.165) is 5.75 Å². The topological polar surface area (TPSA) is 50.4 Å². The van der Waals surface area contributed by atoms with E-state index in [1.807, 2.05) is 6.92 Å². The van der Waals surface area contributed by atoms with Crippen molar-refractivity contribution in [2.24, 2.45) is 0 Å². The van der Waals surface area contributed by atoms with Gasteiger partial charge in [-0.15, -0.1) is 0 Å². The fourth-order valence-corrected chi connectivity index (χ4v) is 2.06. The standard InChI is InChI=1S/C17H19FN2O2/c1-12(15-5-3-4-6-16(15)18)19-11-17(21)20-13-7-9-14(22-2)10-8-13/h3-10,12,19H,11H2,1-2H3,(H,20,21). The van der Waals surface area contributed by atoms with Gasteiger partial charge in [0.2, 0.25) is 5.91 Å². The van der Waals surface area contributed by atoms with Gasteiger partial charge in [0.1, 0.15) is 11.6 Å². The summed E-state index contributed by atoms with van der Waals surface area (Å²) in [4.78, 5) is 11.9. The number of hydrogen-bond acceptors (Lipinski definition) is 3. The highest BCUT2D eigenvalue weighted by molar-refractivity contribution is 5.92. The van der Waals surface area contributed by atoms with Crippen molar-refractivity contribution >= 4 is 11.6 Å². The molecule has 2 rings (SSSR count). The normalized spacial score (nSPS) is 11.8. The van der Waals surface area contributed by atoms with Crippen LogP contribution < -0.4 is 15.4 Å². The summed E-state index contributed by atoms with van der Waals surface area (Å²) in [5.41, 5.74) is 1.23. The minimum atomic E-state index is -0.280. The van der Waals surface area contributed by atoms with Gasteiger partial charge in [-0.3, -0.25) is 4.79 Å². The lowest BCUT2D eigenvalue weighted by atomic mass is 10.1. The van der Waals surface area contributed by atoms with E-state index in [1.54, 1.807) is 49.6 Å². The van der Waals surface area contributed by atoms with Gasteiger partial charge in [-0.2, -0.15) is 0 Å². The molecular formula is C17H19FN2O2. The third kappa shape index (κ3) is 4.30. The first kappa shape index (κ1) is 16.0. The van der Waals surface area contributed by atoms with Crippen LogP contribution in [-0.4, -0.2) is 19.6 Å². The predicted octanol–water partition coefficient (Wildman–Crippen LogP) is 3.12. The Hall–Kier alpha value is -2.40. The Balaban J connectivity index is 1.85. The van der Waals surface area contributed by atoms with Crippen LogP contribution in [-0.2, 0) is 4.79 Å². The average Bonchev–Trinajstić information content (AvgIpc) is 2.54. The van der Waals surface area contributed by atoms with Gasteiger partial charge in [0.15, 0.2) is 0 Å². The molecule has 0 aliphatic rings. The summed E-state index contributed by atoms with van der Waals surface area (Å²) in [6.07, 6.45) is 0. The Labute approximate surface area is 129 Å². The maximum atomic E-state index is 13.6. The highest BCUT2D eigenvalue weighted by Crippen LogP contribution is 2.16. The highest BCUT2D eigenvalue weighted by Gasteiger charge is 2.11. The summed E-state index contributed by atoms with van der Waals surface area (Å²) in [5, 5.41) is 5.77. The van der Waals surface area contributed by atoms with Crippen molar-refractivity contribution < 1.29 is 13.9 Å².